The van der Waals surface area contributed by atoms with Gasteiger partial charge in [0.25, 0.3) is 0 Å². The molecule has 0 heterocycles. The Hall–Kier alpha value is -2.33. The summed E-state index contributed by atoms with van der Waals surface area (Å²) >= 11 is 0. The topological polar surface area (TPSA) is 55.8 Å². The molecule has 0 aliphatic rings. The van der Waals surface area contributed by atoms with E-state index in [2.05, 4.69) is 4.74 Å². The summed E-state index contributed by atoms with van der Waals surface area (Å²) in [5.74, 6) is -1.30. The van der Waals surface area contributed by atoms with Gasteiger partial charge in [-0.2, -0.15) is 4.31 Å². The van der Waals surface area contributed by atoms with E-state index in [9.17, 15) is 26.0 Å². The maximum Gasteiger partial charge on any atom is 0.573 e. The molecule has 0 unspecified atom stereocenters. The molecule has 5 nitrogen and oxygen atoms in total. The lowest BCUT2D eigenvalue weighted by atomic mass is 10.2. The Morgan fingerprint density at radius 3 is 2.38 bits per heavy atom. The van der Waals surface area contributed by atoms with Crippen LogP contribution in [0.3, 0.4) is 0 Å². The standard InChI is InChI=1S/C16H15F4NO4S/c1-21(10-11-6-7-15(24-2)14(17)8-11)26(22,23)13-5-3-4-12(9-13)25-16(18,19)20/h3-9H,10H2,1-2H3. The quantitative estimate of drug-likeness (QED) is 0.705. The average Bonchev–Trinajstić information content (AvgIpc) is 2.53. The first-order valence-electron chi connectivity index (χ1n) is 7.17. The van der Waals surface area contributed by atoms with E-state index in [-0.39, 0.29) is 17.2 Å². The first-order valence-corrected chi connectivity index (χ1v) is 8.61. The van der Waals surface area contributed by atoms with Gasteiger partial charge in [0.1, 0.15) is 5.75 Å². The van der Waals surface area contributed by atoms with E-state index < -0.39 is 28.0 Å². The van der Waals surface area contributed by atoms with Crippen LogP contribution in [0.4, 0.5) is 17.6 Å². The third-order valence-corrected chi connectivity index (χ3v) is 5.17. The number of halogens is 4. The molecule has 0 fully saturated rings. The second-order valence-electron chi connectivity index (χ2n) is 5.25. The first-order chi connectivity index (χ1) is 12.0. The minimum absolute atomic E-state index is 0.0104. The second-order valence-corrected chi connectivity index (χ2v) is 7.30. The Balaban J connectivity index is 2.23. The van der Waals surface area contributed by atoms with E-state index in [0.29, 0.717) is 5.56 Å². The van der Waals surface area contributed by atoms with Crippen LogP contribution in [-0.4, -0.2) is 33.2 Å². The highest BCUT2D eigenvalue weighted by molar-refractivity contribution is 7.89. The van der Waals surface area contributed by atoms with Crippen LogP contribution < -0.4 is 9.47 Å². The smallest absolute Gasteiger partial charge is 0.494 e. The van der Waals surface area contributed by atoms with Crippen molar-refractivity contribution < 1.29 is 35.5 Å². The van der Waals surface area contributed by atoms with Crippen molar-refractivity contribution >= 4 is 10.0 Å². The zero-order chi connectivity index (χ0) is 19.5. The van der Waals surface area contributed by atoms with E-state index in [4.69, 9.17) is 4.74 Å². The summed E-state index contributed by atoms with van der Waals surface area (Å²) < 4.78 is 85.0. The van der Waals surface area contributed by atoms with E-state index in [1.807, 2.05) is 0 Å². The predicted molar refractivity (Wildman–Crippen MR) is 84.7 cm³/mol. The monoisotopic (exact) mass is 393 g/mol. The van der Waals surface area contributed by atoms with Gasteiger partial charge in [-0.25, -0.2) is 12.8 Å². The highest BCUT2D eigenvalue weighted by atomic mass is 32.2. The maximum absolute atomic E-state index is 13.7. The van der Waals surface area contributed by atoms with Gasteiger partial charge in [-0.1, -0.05) is 12.1 Å². The lowest BCUT2D eigenvalue weighted by Crippen LogP contribution is -2.26. The zero-order valence-corrected chi connectivity index (χ0v) is 14.6. The molecule has 2 aromatic carbocycles. The summed E-state index contributed by atoms with van der Waals surface area (Å²) in [4.78, 5) is -0.379. The Labute approximate surface area is 147 Å². The molecule has 2 rings (SSSR count). The second kappa shape index (κ2) is 7.50. The van der Waals surface area contributed by atoms with Crippen LogP contribution in [0, 0.1) is 5.82 Å². The third kappa shape index (κ3) is 4.85. The summed E-state index contributed by atoms with van der Waals surface area (Å²) in [5, 5.41) is 0. The largest absolute Gasteiger partial charge is 0.573 e. The SMILES string of the molecule is COc1ccc(CN(C)S(=O)(=O)c2cccc(OC(F)(F)F)c2)cc1F. The molecule has 26 heavy (non-hydrogen) atoms. The number of nitrogens with zero attached hydrogens (tertiary/aromatic N) is 1. The number of benzene rings is 2. The van der Waals surface area contributed by atoms with Crippen LogP contribution >= 0.6 is 0 Å². The van der Waals surface area contributed by atoms with Crippen molar-refractivity contribution in [1.29, 1.82) is 0 Å². The first kappa shape index (κ1) is 20.0. The number of alkyl halides is 3. The van der Waals surface area contributed by atoms with Crippen molar-refractivity contribution in [3.8, 4) is 11.5 Å². The number of rotatable bonds is 6. The van der Waals surface area contributed by atoms with Crippen LogP contribution in [0.2, 0.25) is 0 Å². The Morgan fingerprint density at radius 2 is 1.81 bits per heavy atom. The molecular weight excluding hydrogens is 378 g/mol. The molecule has 0 saturated carbocycles. The van der Waals surface area contributed by atoms with Crippen molar-refractivity contribution in [3.05, 3.63) is 53.8 Å². The van der Waals surface area contributed by atoms with Crippen LogP contribution in [-0.2, 0) is 16.6 Å². The fourth-order valence-electron chi connectivity index (χ4n) is 2.16. The van der Waals surface area contributed by atoms with Crippen molar-refractivity contribution in [3.63, 3.8) is 0 Å². The lowest BCUT2D eigenvalue weighted by Gasteiger charge is -2.18. The molecule has 10 heteroatoms. The maximum atomic E-state index is 13.7. The van der Waals surface area contributed by atoms with E-state index in [0.717, 1.165) is 34.6 Å². The normalized spacial score (nSPS) is 12.3. The summed E-state index contributed by atoms with van der Waals surface area (Å²) in [6.45, 7) is -0.187. The van der Waals surface area contributed by atoms with Crippen LogP contribution in [0.15, 0.2) is 47.4 Å². The fraction of sp³-hybridized carbons (Fsp3) is 0.250. The molecule has 0 aromatic heterocycles. The molecule has 142 valence electrons. The highest BCUT2D eigenvalue weighted by Gasteiger charge is 2.32. The Morgan fingerprint density at radius 1 is 1.12 bits per heavy atom. The van der Waals surface area contributed by atoms with Crippen molar-refractivity contribution in [2.24, 2.45) is 0 Å². The number of ether oxygens (including phenoxy) is 2. The van der Waals surface area contributed by atoms with Gasteiger partial charge in [0, 0.05) is 19.7 Å². The molecule has 0 aliphatic heterocycles. The molecule has 0 atom stereocenters. The van der Waals surface area contributed by atoms with Crippen molar-refractivity contribution in [1.82, 2.24) is 4.31 Å². The molecule has 0 bridgehead atoms. The number of methoxy groups -OCH3 is 1. The van der Waals surface area contributed by atoms with Gasteiger partial charge in [-0.3, -0.25) is 0 Å². The molecule has 0 radical (unpaired) electrons. The van der Waals surface area contributed by atoms with Crippen molar-refractivity contribution in [2.75, 3.05) is 14.2 Å². The molecule has 0 N–H and O–H groups in total. The molecule has 0 aliphatic carbocycles. The van der Waals surface area contributed by atoms with Crippen LogP contribution in [0.25, 0.3) is 0 Å². The van der Waals surface area contributed by atoms with Gasteiger partial charge in [0.15, 0.2) is 11.6 Å². The number of hydrogen-bond donors (Lipinski definition) is 0. The summed E-state index contributed by atoms with van der Waals surface area (Å²) in [7, 11) is -1.58. The molecule has 0 spiro atoms. The molecule has 2 aromatic rings. The average molecular weight is 393 g/mol. The van der Waals surface area contributed by atoms with Gasteiger partial charge < -0.3 is 9.47 Å². The number of hydrogen-bond acceptors (Lipinski definition) is 4. The predicted octanol–water partition coefficient (Wildman–Crippen LogP) is 3.55. The molecule has 0 amide bonds. The van der Waals surface area contributed by atoms with Gasteiger partial charge in [0.05, 0.1) is 12.0 Å². The lowest BCUT2D eigenvalue weighted by molar-refractivity contribution is -0.274. The summed E-state index contributed by atoms with van der Waals surface area (Å²) in [6.07, 6.45) is -4.94. The van der Waals surface area contributed by atoms with Crippen molar-refractivity contribution in [2.45, 2.75) is 17.8 Å². The van der Waals surface area contributed by atoms with E-state index in [1.165, 1.54) is 26.3 Å². The minimum atomic E-state index is -4.94. The van der Waals surface area contributed by atoms with Gasteiger partial charge in [-0.05, 0) is 29.8 Å². The Kier molecular flexibility index (Phi) is 5.77. The van der Waals surface area contributed by atoms with Crippen LogP contribution in [0.1, 0.15) is 5.56 Å². The zero-order valence-electron chi connectivity index (χ0n) is 13.7. The minimum Gasteiger partial charge on any atom is -0.494 e. The number of sulfonamides is 1. The van der Waals surface area contributed by atoms with Crippen LogP contribution in [0.5, 0.6) is 11.5 Å². The van der Waals surface area contributed by atoms with E-state index in [1.54, 1.807) is 0 Å². The third-order valence-electron chi connectivity index (χ3n) is 3.37. The Bertz CT molecular complexity index is 884. The van der Waals surface area contributed by atoms with Gasteiger partial charge >= 0.3 is 6.36 Å². The van der Waals surface area contributed by atoms with Gasteiger partial charge in [-0.15, -0.1) is 13.2 Å². The van der Waals surface area contributed by atoms with E-state index >= 15 is 0 Å². The molecular formula is C16H15F4NO4S. The highest BCUT2D eigenvalue weighted by Crippen LogP contribution is 2.27. The van der Waals surface area contributed by atoms with Gasteiger partial charge in [0.2, 0.25) is 10.0 Å². The summed E-state index contributed by atoms with van der Waals surface area (Å²) in [6, 6.07) is 7.99. The summed E-state index contributed by atoms with van der Waals surface area (Å²) in [5.41, 5.74) is 0.345. The fourth-order valence-corrected chi connectivity index (χ4v) is 3.36. The molecule has 0 saturated heterocycles.